The molecule has 0 bridgehead atoms. The molecule has 4 heteroatoms. The van der Waals surface area contributed by atoms with E-state index in [0.29, 0.717) is 6.04 Å². The van der Waals surface area contributed by atoms with E-state index in [-0.39, 0.29) is 0 Å². The third-order valence-electron chi connectivity index (χ3n) is 4.20. The number of benzene rings is 1. The largest absolute Gasteiger partial charge is 0.382 e. The lowest BCUT2D eigenvalue weighted by Crippen LogP contribution is -2.38. The van der Waals surface area contributed by atoms with Crippen molar-refractivity contribution in [3.05, 3.63) is 54.4 Å². The van der Waals surface area contributed by atoms with E-state index < -0.39 is 0 Å². The van der Waals surface area contributed by atoms with Gasteiger partial charge in [-0.1, -0.05) is 0 Å². The minimum Gasteiger partial charge on any atom is -0.382 e. The number of piperidine rings is 1. The lowest BCUT2D eigenvalue weighted by molar-refractivity contribution is 0.211. The smallest absolute Gasteiger partial charge is 0.0343 e. The molecule has 22 heavy (non-hydrogen) atoms. The van der Waals surface area contributed by atoms with Crippen LogP contribution in [-0.4, -0.2) is 35.3 Å². The Morgan fingerprint density at radius 2 is 1.77 bits per heavy atom. The molecule has 0 saturated carbocycles. The first-order valence-electron chi connectivity index (χ1n) is 7.85. The van der Waals surface area contributed by atoms with Crippen LogP contribution in [0.15, 0.2) is 53.7 Å². The van der Waals surface area contributed by atoms with Gasteiger partial charge in [0, 0.05) is 48.7 Å². The third kappa shape index (κ3) is 4.24. The number of likely N-dealkylation sites (tertiary alicyclic amines) is 1. The molecular weight excluding hydrogens is 290 g/mol. The summed E-state index contributed by atoms with van der Waals surface area (Å²) in [4.78, 5) is 7.93. The predicted octanol–water partition coefficient (Wildman–Crippen LogP) is 3.88. The Hall–Kier alpha value is -1.52. The summed E-state index contributed by atoms with van der Waals surface area (Å²) in [5.74, 6) is 0. The van der Waals surface area contributed by atoms with Crippen molar-refractivity contribution in [3.8, 4) is 0 Å². The van der Waals surface area contributed by atoms with Crippen LogP contribution in [0.25, 0.3) is 0 Å². The van der Waals surface area contributed by atoms with Gasteiger partial charge in [-0.3, -0.25) is 9.88 Å². The molecule has 0 amide bonds. The number of aromatic nitrogens is 1. The van der Waals surface area contributed by atoms with Crippen molar-refractivity contribution in [1.29, 1.82) is 0 Å². The number of thioether (sulfide) groups is 1. The zero-order valence-corrected chi connectivity index (χ0v) is 13.9. The molecule has 1 fully saturated rings. The molecule has 0 spiro atoms. The lowest BCUT2D eigenvalue weighted by atomic mass is 10.0. The zero-order valence-electron chi connectivity index (χ0n) is 13.0. The van der Waals surface area contributed by atoms with Crippen molar-refractivity contribution < 1.29 is 0 Å². The second kappa shape index (κ2) is 7.65. The minimum absolute atomic E-state index is 0.591. The maximum Gasteiger partial charge on any atom is 0.0343 e. The second-order valence-electron chi connectivity index (χ2n) is 5.78. The molecule has 1 aliphatic heterocycles. The van der Waals surface area contributed by atoms with Gasteiger partial charge in [0.2, 0.25) is 0 Å². The number of pyridine rings is 1. The number of rotatable bonds is 5. The molecule has 0 atom stereocenters. The summed E-state index contributed by atoms with van der Waals surface area (Å²) in [5, 5.41) is 3.67. The Bertz CT molecular complexity index is 563. The van der Waals surface area contributed by atoms with Crippen LogP contribution in [0.5, 0.6) is 0 Å². The van der Waals surface area contributed by atoms with E-state index in [4.69, 9.17) is 0 Å². The number of hydrogen-bond donors (Lipinski definition) is 1. The number of anilines is 1. The molecule has 2 heterocycles. The summed E-state index contributed by atoms with van der Waals surface area (Å²) < 4.78 is 0. The monoisotopic (exact) mass is 313 g/mol. The highest BCUT2D eigenvalue weighted by molar-refractivity contribution is 7.98. The molecule has 2 aromatic rings. The Labute approximate surface area is 137 Å². The average molecular weight is 313 g/mol. The number of nitrogens with one attached hydrogen (secondary N) is 1. The van der Waals surface area contributed by atoms with Crippen molar-refractivity contribution in [2.45, 2.75) is 30.3 Å². The van der Waals surface area contributed by atoms with E-state index >= 15 is 0 Å². The highest BCUT2D eigenvalue weighted by Crippen LogP contribution is 2.21. The maximum atomic E-state index is 4.08. The second-order valence-corrected chi connectivity index (χ2v) is 6.66. The van der Waals surface area contributed by atoms with E-state index in [1.807, 2.05) is 12.4 Å². The van der Waals surface area contributed by atoms with Crippen LogP contribution in [0, 0.1) is 0 Å². The SMILES string of the molecule is CSc1ccc(NC2CCN(Cc3ccncc3)CC2)cc1. The van der Waals surface area contributed by atoms with Crippen LogP contribution < -0.4 is 5.32 Å². The van der Waals surface area contributed by atoms with Crippen molar-refractivity contribution in [2.75, 3.05) is 24.7 Å². The fraction of sp³-hybridized carbons (Fsp3) is 0.389. The summed E-state index contributed by atoms with van der Waals surface area (Å²) in [6.07, 6.45) is 8.27. The van der Waals surface area contributed by atoms with Gasteiger partial charge in [-0.15, -0.1) is 11.8 Å². The van der Waals surface area contributed by atoms with Gasteiger partial charge in [-0.05, 0) is 61.1 Å². The normalized spacial score (nSPS) is 16.6. The lowest BCUT2D eigenvalue weighted by Gasteiger charge is -2.32. The van der Waals surface area contributed by atoms with Gasteiger partial charge in [-0.2, -0.15) is 0 Å². The molecule has 116 valence electrons. The van der Waals surface area contributed by atoms with Gasteiger partial charge >= 0.3 is 0 Å². The van der Waals surface area contributed by atoms with Crippen molar-refractivity contribution >= 4 is 17.4 Å². The van der Waals surface area contributed by atoms with Crippen LogP contribution >= 0.6 is 11.8 Å². The summed E-state index contributed by atoms with van der Waals surface area (Å²) in [6.45, 7) is 3.35. The van der Waals surface area contributed by atoms with Crippen LogP contribution in [0.4, 0.5) is 5.69 Å². The molecule has 0 aliphatic carbocycles. The highest BCUT2D eigenvalue weighted by Gasteiger charge is 2.18. The molecular formula is C18H23N3S. The molecule has 1 N–H and O–H groups in total. The van der Waals surface area contributed by atoms with Gasteiger partial charge in [-0.25, -0.2) is 0 Å². The van der Waals surface area contributed by atoms with Gasteiger partial charge < -0.3 is 5.32 Å². The third-order valence-corrected chi connectivity index (χ3v) is 4.95. The molecule has 0 radical (unpaired) electrons. The topological polar surface area (TPSA) is 28.2 Å². The van der Waals surface area contributed by atoms with Crippen LogP contribution in [-0.2, 0) is 6.54 Å². The van der Waals surface area contributed by atoms with E-state index in [9.17, 15) is 0 Å². The zero-order chi connectivity index (χ0) is 15.2. The Morgan fingerprint density at radius 3 is 2.41 bits per heavy atom. The molecule has 0 unspecified atom stereocenters. The first-order chi connectivity index (χ1) is 10.8. The van der Waals surface area contributed by atoms with Gasteiger partial charge in [0.05, 0.1) is 0 Å². The van der Waals surface area contributed by atoms with Gasteiger partial charge in [0.15, 0.2) is 0 Å². The van der Waals surface area contributed by atoms with E-state index in [2.05, 4.69) is 57.9 Å². The Morgan fingerprint density at radius 1 is 1.09 bits per heavy atom. The molecule has 3 rings (SSSR count). The van der Waals surface area contributed by atoms with Crippen LogP contribution in [0.2, 0.25) is 0 Å². The predicted molar refractivity (Wildman–Crippen MR) is 94.4 cm³/mol. The summed E-state index contributed by atoms with van der Waals surface area (Å²) in [7, 11) is 0. The number of nitrogens with zero attached hydrogens (tertiary/aromatic N) is 2. The summed E-state index contributed by atoms with van der Waals surface area (Å²) in [5.41, 5.74) is 2.60. The fourth-order valence-electron chi connectivity index (χ4n) is 2.90. The standard InChI is InChI=1S/C18H23N3S/c1-22-18-4-2-16(3-5-18)20-17-8-12-21(13-9-17)14-15-6-10-19-11-7-15/h2-7,10-11,17,20H,8-9,12-14H2,1H3. The first-order valence-corrected chi connectivity index (χ1v) is 9.08. The quantitative estimate of drug-likeness (QED) is 0.848. The molecule has 1 aromatic carbocycles. The highest BCUT2D eigenvalue weighted by atomic mass is 32.2. The van der Waals surface area contributed by atoms with Crippen molar-refractivity contribution in [2.24, 2.45) is 0 Å². The molecule has 3 nitrogen and oxygen atoms in total. The van der Waals surface area contributed by atoms with Crippen molar-refractivity contribution in [1.82, 2.24) is 9.88 Å². The number of hydrogen-bond acceptors (Lipinski definition) is 4. The molecule has 1 saturated heterocycles. The Balaban J connectivity index is 1.47. The maximum absolute atomic E-state index is 4.08. The molecule has 1 aliphatic rings. The summed E-state index contributed by atoms with van der Waals surface area (Å²) >= 11 is 1.79. The van der Waals surface area contributed by atoms with E-state index in [1.54, 1.807) is 11.8 Å². The summed E-state index contributed by atoms with van der Waals surface area (Å²) in [6, 6.07) is 13.6. The van der Waals surface area contributed by atoms with Crippen LogP contribution in [0.3, 0.4) is 0 Å². The van der Waals surface area contributed by atoms with E-state index in [1.165, 1.54) is 29.0 Å². The first kappa shape index (κ1) is 15.4. The average Bonchev–Trinajstić information content (AvgIpc) is 2.58. The van der Waals surface area contributed by atoms with Gasteiger partial charge in [0.1, 0.15) is 0 Å². The fourth-order valence-corrected chi connectivity index (χ4v) is 3.31. The Kier molecular flexibility index (Phi) is 5.35. The van der Waals surface area contributed by atoms with Crippen LogP contribution in [0.1, 0.15) is 18.4 Å². The van der Waals surface area contributed by atoms with E-state index in [0.717, 1.165) is 19.6 Å². The van der Waals surface area contributed by atoms with Crippen molar-refractivity contribution in [3.63, 3.8) is 0 Å². The van der Waals surface area contributed by atoms with Gasteiger partial charge in [0.25, 0.3) is 0 Å². The minimum atomic E-state index is 0.591. The molecule has 1 aromatic heterocycles.